The number of hydrogen-bond acceptors (Lipinski definition) is 5. The van der Waals surface area contributed by atoms with Gasteiger partial charge in [-0.2, -0.15) is 4.73 Å². The minimum Gasteiger partial charge on any atom is -0.618 e. The van der Waals surface area contributed by atoms with Crippen LogP contribution in [0.1, 0.15) is 16.7 Å². The summed E-state index contributed by atoms with van der Waals surface area (Å²) in [6.07, 6.45) is 0.791. The highest BCUT2D eigenvalue weighted by atomic mass is 32.2. The lowest BCUT2D eigenvalue weighted by Crippen LogP contribution is -2.54. The summed E-state index contributed by atoms with van der Waals surface area (Å²) in [5.41, 5.74) is 2.00. The van der Waals surface area contributed by atoms with Crippen LogP contribution in [0.4, 0.5) is 0 Å². The Morgan fingerprint density at radius 1 is 0.714 bits per heavy atom. The van der Waals surface area contributed by atoms with Gasteiger partial charge in [0.1, 0.15) is 6.61 Å². The monoisotopic (exact) mass is 487 g/mol. The third kappa shape index (κ3) is 5.25. The van der Waals surface area contributed by atoms with Gasteiger partial charge in [-0.3, -0.25) is 4.79 Å². The summed E-state index contributed by atoms with van der Waals surface area (Å²) in [5.74, 6) is -0.905. The maximum Gasteiger partial charge on any atom is 0.329 e. The van der Waals surface area contributed by atoms with Crippen molar-refractivity contribution in [2.24, 2.45) is 0 Å². The Hall–Kier alpha value is -3.97. The van der Waals surface area contributed by atoms with Crippen LogP contribution >= 0.6 is 0 Å². The Bertz CT molecular complexity index is 1330. The van der Waals surface area contributed by atoms with Crippen molar-refractivity contribution in [3.63, 3.8) is 0 Å². The SMILES string of the molecule is O=C(OCc1ccccc1)C(Cc1ccccc1)(Cc1ccccc1)S(=O)(=O)c1cccc[n+]1[O-]. The average molecular weight is 488 g/mol. The van der Waals surface area contributed by atoms with Crippen molar-refractivity contribution in [3.05, 3.63) is 137 Å². The fourth-order valence-corrected chi connectivity index (χ4v) is 5.98. The first-order valence-electron chi connectivity index (χ1n) is 11.1. The van der Waals surface area contributed by atoms with Gasteiger partial charge in [0.05, 0.1) is 0 Å². The minimum absolute atomic E-state index is 0.0906. The van der Waals surface area contributed by atoms with Crippen LogP contribution in [-0.2, 0) is 38.8 Å². The molecule has 7 heteroatoms. The number of carbonyl (C=O) groups is 1. The van der Waals surface area contributed by atoms with E-state index in [1.807, 2.05) is 30.3 Å². The number of benzene rings is 3. The maximum absolute atomic E-state index is 14.2. The van der Waals surface area contributed by atoms with Gasteiger partial charge in [-0.1, -0.05) is 91.0 Å². The summed E-state index contributed by atoms with van der Waals surface area (Å²) in [6, 6.07) is 31.0. The van der Waals surface area contributed by atoms with E-state index in [1.165, 1.54) is 18.2 Å². The standard InChI is InChI=1S/C28H25NO5S/c30-27(34-22-25-16-8-3-9-17-25)28(20-23-12-4-1-5-13-23,21-24-14-6-2-7-15-24)35(32,33)26-18-10-11-19-29(26)31/h1-19H,20-22H2. The van der Waals surface area contributed by atoms with E-state index in [9.17, 15) is 18.4 Å². The van der Waals surface area contributed by atoms with Crippen LogP contribution in [0.3, 0.4) is 0 Å². The summed E-state index contributed by atoms with van der Waals surface area (Å²) >= 11 is 0. The number of carbonyl (C=O) groups excluding carboxylic acids is 1. The van der Waals surface area contributed by atoms with Crippen molar-refractivity contribution >= 4 is 15.8 Å². The van der Waals surface area contributed by atoms with E-state index in [4.69, 9.17) is 4.74 Å². The van der Waals surface area contributed by atoms with E-state index in [0.717, 1.165) is 11.8 Å². The lowest BCUT2D eigenvalue weighted by Gasteiger charge is -2.30. The molecule has 0 aliphatic carbocycles. The normalized spacial score (nSPS) is 11.7. The van der Waals surface area contributed by atoms with Gasteiger partial charge in [-0.05, 0) is 22.8 Å². The molecule has 0 spiro atoms. The van der Waals surface area contributed by atoms with Crippen LogP contribution in [0.15, 0.2) is 120 Å². The Morgan fingerprint density at radius 2 is 1.17 bits per heavy atom. The number of esters is 1. The fraction of sp³-hybridized carbons (Fsp3) is 0.143. The van der Waals surface area contributed by atoms with Gasteiger partial charge in [-0.25, -0.2) is 8.42 Å². The first-order valence-corrected chi connectivity index (χ1v) is 12.6. The molecule has 0 saturated carbocycles. The van der Waals surface area contributed by atoms with Crippen molar-refractivity contribution in [2.75, 3.05) is 0 Å². The topological polar surface area (TPSA) is 87.4 Å². The molecule has 1 aromatic heterocycles. The molecule has 0 N–H and O–H groups in total. The highest BCUT2D eigenvalue weighted by Crippen LogP contribution is 2.34. The average Bonchev–Trinajstić information content (AvgIpc) is 2.88. The molecule has 0 unspecified atom stereocenters. The Morgan fingerprint density at radius 3 is 1.66 bits per heavy atom. The lowest BCUT2D eigenvalue weighted by atomic mass is 9.91. The summed E-state index contributed by atoms with van der Waals surface area (Å²) in [7, 11) is -4.52. The van der Waals surface area contributed by atoms with Gasteiger partial charge in [0.2, 0.25) is 0 Å². The molecule has 35 heavy (non-hydrogen) atoms. The first-order chi connectivity index (χ1) is 16.9. The summed E-state index contributed by atoms with van der Waals surface area (Å²) in [4.78, 5) is 13.9. The molecule has 4 rings (SSSR count). The predicted octanol–water partition coefficient (Wildman–Crippen LogP) is 4.06. The van der Waals surface area contributed by atoms with E-state index < -0.39 is 25.6 Å². The number of hydrogen-bond donors (Lipinski definition) is 0. The fourth-order valence-electron chi connectivity index (χ4n) is 4.03. The van der Waals surface area contributed by atoms with Gasteiger partial charge in [0.25, 0.3) is 9.84 Å². The maximum atomic E-state index is 14.2. The van der Waals surface area contributed by atoms with Gasteiger partial charge in [0.15, 0.2) is 10.9 Å². The Labute approximate surface area is 205 Å². The van der Waals surface area contributed by atoms with E-state index in [1.54, 1.807) is 60.7 Å². The van der Waals surface area contributed by atoms with Crippen LogP contribution in [-0.4, -0.2) is 19.1 Å². The van der Waals surface area contributed by atoms with Gasteiger partial charge < -0.3 is 9.94 Å². The van der Waals surface area contributed by atoms with Crippen LogP contribution < -0.4 is 4.73 Å². The number of ether oxygens (including phenoxy) is 1. The quantitative estimate of drug-likeness (QED) is 0.202. The lowest BCUT2D eigenvalue weighted by molar-refractivity contribution is -0.646. The number of rotatable bonds is 9. The van der Waals surface area contributed by atoms with Crippen LogP contribution in [0.2, 0.25) is 0 Å². The van der Waals surface area contributed by atoms with E-state index in [0.29, 0.717) is 11.1 Å². The molecule has 3 aromatic carbocycles. The molecule has 0 radical (unpaired) electrons. The number of nitrogens with zero attached hydrogens (tertiary/aromatic N) is 1. The molecular formula is C28H25NO5S. The highest BCUT2D eigenvalue weighted by Gasteiger charge is 2.56. The number of aromatic nitrogens is 1. The summed E-state index contributed by atoms with van der Waals surface area (Å²) in [6.45, 7) is -0.0906. The molecule has 0 aliphatic heterocycles. The van der Waals surface area contributed by atoms with Crippen LogP contribution in [0.25, 0.3) is 0 Å². The van der Waals surface area contributed by atoms with Crippen LogP contribution in [0, 0.1) is 5.21 Å². The molecule has 0 fully saturated rings. The Kier molecular flexibility index (Phi) is 7.27. The summed E-state index contributed by atoms with van der Waals surface area (Å²) < 4.78 is 32.3. The summed E-state index contributed by atoms with van der Waals surface area (Å²) in [5, 5.41) is 12.1. The predicted molar refractivity (Wildman–Crippen MR) is 132 cm³/mol. The molecular weight excluding hydrogens is 462 g/mol. The molecule has 1 heterocycles. The van der Waals surface area contributed by atoms with Crippen molar-refractivity contribution in [1.82, 2.24) is 0 Å². The Balaban J connectivity index is 1.87. The van der Waals surface area contributed by atoms with E-state index in [2.05, 4.69) is 0 Å². The van der Waals surface area contributed by atoms with Crippen molar-refractivity contribution in [1.29, 1.82) is 0 Å². The third-order valence-corrected chi connectivity index (χ3v) is 8.18. The van der Waals surface area contributed by atoms with Crippen molar-refractivity contribution in [2.45, 2.75) is 29.2 Å². The van der Waals surface area contributed by atoms with E-state index in [-0.39, 0.29) is 24.2 Å². The largest absolute Gasteiger partial charge is 0.618 e. The zero-order valence-electron chi connectivity index (χ0n) is 19.0. The van der Waals surface area contributed by atoms with Crippen molar-refractivity contribution in [3.8, 4) is 0 Å². The molecule has 0 aliphatic rings. The minimum atomic E-state index is -4.52. The molecule has 6 nitrogen and oxygen atoms in total. The van der Waals surface area contributed by atoms with E-state index >= 15 is 0 Å². The second kappa shape index (κ2) is 10.5. The molecule has 178 valence electrons. The third-order valence-electron chi connectivity index (χ3n) is 5.83. The first kappa shape index (κ1) is 24.2. The zero-order chi connectivity index (χ0) is 24.7. The molecule has 0 atom stereocenters. The number of pyridine rings is 1. The molecule has 4 aromatic rings. The zero-order valence-corrected chi connectivity index (χ0v) is 19.8. The molecule has 0 amide bonds. The van der Waals surface area contributed by atoms with Gasteiger partial charge in [0, 0.05) is 25.0 Å². The van der Waals surface area contributed by atoms with Crippen molar-refractivity contribution < 1.29 is 22.7 Å². The molecule has 0 saturated heterocycles. The van der Waals surface area contributed by atoms with Gasteiger partial charge >= 0.3 is 11.0 Å². The highest BCUT2D eigenvalue weighted by molar-refractivity contribution is 7.93. The molecule has 0 bridgehead atoms. The smallest absolute Gasteiger partial charge is 0.329 e. The number of sulfone groups is 1. The van der Waals surface area contributed by atoms with Crippen LogP contribution in [0.5, 0.6) is 0 Å². The second-order valence-corrected chi connectivity index (χ2v) is 10.5. The second-order valence-electron chi connectivity index (χ2n) is 8.25. The van der Waals surface area contributed by atoms with Gasteiger partial charge in [-0.15, -0.1) is 0 Å².